The molecule has 27 heavy (non-hydrogen) atoms. The van der Waals surface area contributed by atoms with Gasteiger partial charge in [-0.15, -0.1) is 0 Å². The highest BCUT2D eigenvalue weighted by Gasteiger charge is 2.36. The summed E-state index contributed by atoms with van der Waals surface area (Å²) in [6.45, 7) is 1.43. The second-order valence-corrected chi connectivity index (χ2v) is 8.02. The first kappa shape index (κ1) is 19.5. The molecule has 0 radical (unpaired) electrons. The lowest BCUT2D eigenvalue weighted by atomic mass is 10.0. The van der Waals surface area contributed by atoms with Crippen LogP contribution in [0.5, 0.6) is 17.2 Å². The molecule has 1 aliphatic rings. The van der Waals surface area contributed by atoms with Crippen LogP contribution in [0.25, 0.3) is 0 Å². The molecule has 1 fully saturated rings. The Morgan fingerprint density at radius 1 is 1.00 bits per heavy atom. The molecular weight excluding hydrogens is 368 g/mol. The third-order valence-corrected chi connectivity index (χ3v) is 6.51. The molecule has 1 aliphatic heterocycles. The van der Waals surface area contributed by atoms with Crippen molar-refractivity contribution >= 4 is 10.0 Å². The molecule has 2 aromatic carbocycles. The summed E-state index contributed by atoms with van der Waals surface area (Å²) < 4.78 is 44.3. The number of hydrogen-bond donors (Lipinski definition) is 1. The highest BCUT2D eigenvalue weighted by atomic mass is 32.2. The number of piperazine rings is 1. The van der Waals surface area contributed by atoms with E-state index in [0.29, 0.717) is 36.9 Å². The summed E-state index contributed by atoms with van der Waals surface area (Å²) in [5.41, 5.74) is 0.825. The molecule has 7 nitrogen and oxygen atoms in total. The summed E-state index contributed by atoms with van der Waals surface area (Å²) >= 11 is 0. The summed E-state index contributed by atoms with van der Waals surface area (Å²) in [6, 6.07) is 11.8. The van der Waals surface area contributed by atoms with Crippen LogP contribution in [0.1, 0.15) is 11.6 Å². The molecule has 0 spiro atoms. The van der Waals surface area contributed by atoms with Gasteiger partial charge in [-0.2, -0.15) is 4.31 Å². The summed E-state index contributed by atoms with van der Waals surface area (Å²) in [5.74, 6) is 1.52. The first-order valence-electron chi connectivity index (χ1n) is 8.60. The maximum absolute atomic E-state index is 13.5. The van der Waals surface area contributed by atoms with Crippen LogP contribution in [-0.2, 0) is 10.0 Å². The zero-order chi connectivity index (χ0) is 19.4. The molecule has 1 N–H and O–H groups in total. The molecule has 0 saturated carbocycles. The lowest BCUT2D eigenvalue weighted by molar-refractivity contribution is 0.264. The average Bonchev–Trinajstić information content (AvgIpc) is 2.73. The normalized spacial score (nSPS) is 18.1. The van der Waals surface area contributed by atoms with Crippen LogP contribution in [0.15, 0.2) is 47.4 Å². The minimum atomic E-state index is -3.77. The standard InChI is InChI=1S/C19H24N2O5S/c1-24-14-10-15(25-2)12-16(11-14)27(22,23)21-9-8-20-13-18(21)17-6-4-5-7-19(17)26-3/h4-7,10-12,18,20H,8-9,13H2,1-3H3. The molecule has 146 valence electrons. The summed E-state index contributed by atoms with van der Waals surface area (Å²) in [6.07, 6.45) is 0. The number of ether oxygens (including phenoxy) is 3. The van der Waals surface area contributed by atoms with E-state index < -0.39 is 10.0 Å². The first-order valence-corrected chi connectivity index (χ1v) is 10.0. The van der Waals surface area contributed by atoms with Crippen LogP contribution in [-0.4, -0.2) is 53.7 Å². The molecule has 8 heteroatoms. The Morgan fingerprint density at radius 2 is 1.67 bits per heavy atom. The molecule has 1 unspecified atom stereocenters. The third-order valence-electron chi connectivity index (χ3n) is 4.62. The molecule has 0 aliphatic carbocycles. The largest absolute Gasteiger partial charge is 0.497 e. The molecule has 2 aromatic rings. The second-order valence-electron chi connectivity index (χ2n) is 6.13. The van der Waals surface area contributed by atoms with Gasteiger partial charge in [0.05, 0.1) is 32.3 Å². The van der Waals surface area contributed by atoms with Crippen molar-refractivity contribution in [2.24, 2.45) is 0 Å². The van der Waals surface area contributed by atoms with Gasteiger partial charge >= 0.3 is 0 Å². The number of methoxy groups -OCH3 is 3. The summed E-state index contributed by atoms with van der Waals surface area (Å²) in [5, 5.41) is 3.27. The minimum Gasteiger partial charge on any atom is -0.497 e. The van der Waals surface area contributed by atoms with Crippen molar-refractivity contribution in [1.29, 1.82) is 0 Å². The molecule has 0 bridgehead atoms. The van der Waals surface area contributed by atoms with Gasteiger partial charge in [0.15, 0.2) is 0 Å². The van der Waals surface area contributed by atoms with Crippen LogP contribution in [0, 0.1) is 0 Å². The predicted octanol–water partition coefficient (Wildman–Crippen LogP) is 2.05. The van der Waals surface area contributed by atoms with Gasteiger partial charge in [0.25, 0.3) is 0 Å². The van der Waals surface area contributed by atoms with Crippen LogP contribution in [0.4, 0.5) is 0 Å². The fraction of sp³-hybridized carbons (Fsp3) is 0.368. The van der Waals surface area contributed by atoms with E-state index in [1.54, 1.807) is 13.2 Å². The highest BCUT2D eigenvalue weighted by Crippen LogP contribution is 2.35. The van der Waals surface area contributed by atoms with E-state index in [-0.39, 0.29) is 10.9 Å². The molecule has 1 saturated heterocycles. The Hall–Kier alpha value is -2.29. The Balaban J connectivity index is 2.06. The Kier molecular flexibility index (Phi) is 5.88. The maximum Gasteiger partial charge on any atom is 0.243 e. The van der Waals surface area contributed by atoms with E-state index >= 15 is 0 Å². The third kappa shape index (κ3) is 3.87. The van der Waals surface area contributed by atoms with Crippen molar-refractivity contribution in [1.82, 2.24) is 9.62 Å². The van der Waals surface area contributed by atoms with Crippen LogP contribution in [0.2, 0.25) is 0 Å². The molecule has 1 atom stereocenters. The number of nitrogens with zero attached hydrogens (tertiary/aromatic N) is 1. The smallest absolute Gasteiger partial charge is 0.243 e. The molecule has 0 amide bonds. The number of nitrogens with one attached hydrogen (secondary N) is 1. The van der Waals surface area contributed by atoms with Gasteiger partial charge < -0.3 is 19.5 Å². The molecule has 3 rings (SSSR count). The van der Waals surface area contributed by atoms with Crippen molar-refractivity contribution in [3.63, 3.8) is 0 Å². The fourth-order valence-corrected chi connectivity index (χ4v) is 4.90. The van der Waals surface area contributed by atoms with Gasteiger partial charge in [-0.05, 0) is 6.07 Å². The van der Waals surface area contributed by atoms with Crippen molar-refractivity contribution in [3.05, 3.63) is 48.0 Å². The Bertz CT molecular complexity index is 878. The predicted molar refractivity (Wildman–Crippen MR) is 102 cm³/mol. The van der Waals surface area contributed by atoms with E-state index in [1.165, 1.54) is 30.7 Å². The average molecular weight is 392 g/mol. The van der Waals surface area contributed by atoms with Crippen molar-refractivity contribution in [3.8, 4) is 17.2 Å². The van der Waals surface area contributed by atoms with Crippen molar-refractivity contribution < 1.29 is 22.6 Å². The number of sulfonamides is 1. The van der Waals surface area contributed by atoms with E-state index in [2.05, 4.69) is 5.32 Å². The number of para-hydroxylation sites is 1. The topological polar surface area (TPSA) is 77.1 Å². The van der Waals surface area contributed by atoms with Crippen molar-refractivity contribution in [2.45, 2.75) is 10.9 Å². The van der Waals surface area contributed by atoms with E-state index in [9.17, 15) is 8.42 Å². The van der Waals surface area contributed by atoms with Crippen LogP contribution < -0.4 is 19.5 Å². The van der Waals surface area contributed by atoms with E-state index in [1.807, 2.05) is 24.3 Å². The monoisotopic (exact) mass is 392 g/mol. The van der Waals surface area contributed by atoms with E-state index in [4.69, 9.17) is 14.2 Å². The van der Waals surface area contributed by atoms with Crippen LogP contribution >= 0.6 is 0 Å². The van der Waals surface area contributed by atoms with Gasteiger partial charge in [0.2, 0.25) is 10.0 Å². The van der Waals surface area contributed by atoms with Crippen molar-refractivity contribution in [2.75, 3.05) is 41.0 Å². The van der Waals surface area contributed by atoms with E-state index in [0.717, 1.165) is 5.56 Å². The Morgan fingerprint density at radius 3 is 2.30 bits per heavy atom. The lowest BCUT2D eigenvalue weighted by Gasteiger charge is -2.36. The maximum atomic E-state index is 13.5. The molecular formula is C19H24N2O5S. The SMILES string of the molecule is COc1cc(OC)cc(S(=O)(=O)N2CCNCC2c2ccccc2OC)c1. The van der Waals surface area contributed by atoms with Gasteiger partial charge in [-0.25, -0.2) is 8.42 Å². The fourth-order valence-electron chi connectivity index (χ4n) is 3.25. The minimum absolute atomic E-state index is 0.139. The number of rotatable bonds is 6. The zero-order valence-electron chi connectivity index (χ0n) is 15.6. The molecule has 0 aromatic heterocycles. The Labute approximate surface area is 159 Å². The lowest BCUT2D eigenvalue weighted by Crippen LogP contribution is -2.48. The molecule has 1 heterocycles. The number of hydrogen-bond acceptors (Lipinski definition) is 6. The highest BCUT2D eigenvalue weighted by molar-refractivity contribution is 7.89. The second kappa shape index (κ2) is 8.16. The van der Waals surface area contributed by atoms with Gasteiger partial charge in [0, 0.05) is 43.4 Å². The quantitative estimate of drug-likeness (QED) is 0.811. The van der Waals surface area contributed by atoms with Crippen LogP contribution in [0.3, 0.4) is 0 Å². The first-order chi connectivity index (χ1) is 13.0. The van der Waals surface area contributed by atoms with Gasteiger partial charge in [-0.1, -0.05) is 18.2 Å². The van der Waals surface area contributed by atoms with Gasteiger partial charge in [-0.3, -0.25) is 0 Å². The summed E-state index contributed by atoms with van der Waals surface area (Å²) in [4.78, 5) is 0.139. The summed E-state index contributed by atoms with van der Waals surface area (Å²) in [7, 11) is 0.800. The van der Waals surface area contributed by atoms with Gasteiger partial charge in [0.1, 0.15) is 17.2 Å². The number of benzene rings is 2. The zero-order valence-corrected chi connectivity index (χ0v) is 16.5.